The maximum atomic E-state index is 11.8. The van der Waals surface area contributed by atoms with Gasteiger partial charge in [-0.25, -0.2) is 0 Å². The second-order valence-electron chi connectivity index (χ2n) is 7.08. The number of ether oxygens (including phenoxy) is 1. The molecular formula is C16H34N2O5. The number of rotatable bonds is 11. The van der Waals surface area contributed by atoms with E-state index in [0.717, 1.165) is 12.8 Å². The second kappa shape index (κ2) is 10.9. The summed E-state index contributed by atoms with van der Waals surface area (Å²) >= 11 is 0. The summed E-state index contributed by atoms with van der Waals surface area (Å²) in [4.78, 5) is 13.7. The Hall–Kier alpha value is -0.730. The zero-order valence-electron chi connectivity index (χ0n) is 14.9. The van der Waals surface area contributed by atoms with E-state index in [-0.39, 0.29) is 6.61 Å². The molecule has 3 unspecified atom stereocenters. The number of carbonyl (C=O) groups is 1. The fourth-order valence-electron chi connectivity index (χ4n) is 2.18. The van der Waals surface area contributed by atoms with Crippen molar-refractivity contribution >= 4 is 5.97 Å². The van der Waals surface area contributed by atoms with Gasteiger partial charge in [-0.3, -0.25) is 9.69 Å². The van der Waals surface area contributed by atoms with Crippen molar-refractivity contribution in [3.05, 3.63) is 0 Å². The summed E-state index contributed by atoms with van der Waals surface area (Å²) in [5.41, 5.74) is 5.28. The lowest BCUT2D eigenvalue weighted by Gasteiger charge is -2.26. The first-order chi connectivity index (χ1) is 10.5. The molecule has 7 nitrogen and oxygen atoms in total. The molecule has 0 spiro atoms. The van der Waals surface area contributed by atoms with Crippen LogP contribution in [0.3, 0.4) is 0 Å². The molecule has 138 valence electrons. The molecular weight excluding hydrogens is 300 g/mol. The Bertz CT molecular complexity index is 331. The van der Waals surface area contributed by atoms with Crippen molar-refractivity contribution in [1.82, 2.24) is 4.90 Å². The maximum absolute atomic E-state index is 11.8. The molecule has 5 N–H and O–H groups in total. The first-order valence-electron chi connectivity index (χ1n) is 8.23. The Morgan fingerprint density at radius 2 is 1.83 bits per heavy atom. The summed E-state index contributed by atoms with van der Waals surface area (Å²) in [6.07, 6.45) is 0.718. The van der Waals surface area contributed by atoms with E-state index < -0.39 is 29.8 Å². The minimum absolute atomic E-state index is 0.305. The zero-order chi connectivity index (χ0) is 18.0. The van der Waals surface area contributed by atoms with Crippen LogP contribution in [0.4, 0.5) is 0 Å². The minimum atomic E-state index is -0.822. The third-order valence-corrected chi connectivity index (χ3v) is 3.15. The highest BCUT2D eigenvalue weighted by atomic mass is 16.6. The van der Waals surface area contributed by atoms with Crippen molar-refractivity contribution in [3.8, 4) is 0 Å². The molecule has 0 aliphatic heterocycles. The van der Waals surface area contributed by atoms with Crippen molar-refractivity contribution in [3.63, 3.8) is 0 Å². The van der Waals surface area contributed by atoms with Crippen molar-refractivity contribution in [2.45, 2.75) is 70.8 Å². The summed E-state index contributed by atoms with van der Waals surface area (Å²) in [5, 5.41) is 27.9. The molecule has 0 aromatic carbocycles. The molecule has 0 fully saturated rings. The van der Waals surface area contributed by atoms with E-state index in [1.807, 2.05) is 4.90 Å². The van der Waals surface area contributed by atoms with Crippen LogP contribution in [0.2, 0.25) is 0 Å². The van der Waals surface area contributed by atoms with Crippen LogP contribution in [-0.4, -0.2) is 76.3 Å². The molecule has 0 saturated carbocycles. The Kier molecular flexibility index (Phi) is 10.6. The Morgan fingerprint density at radius 1 is 1.22 bits per heavy atom. The van der Waals surface area contributed by atoms with E-state index in [2.05, 4.69) is 0 Å². The monoisotopic (exact) mass is 334 g/mol. The van der Waals surface area contributed by atoms with Crippen LogP contribution < -0.4 is 5.73 Å². The fourth-order valence-corrected chi connectivity index (χ4v) is 2.18. The van der Waals surface area contributed by atoms with E-state index in [1.54, 1.807) is 27.7 Å². The van der Waals surface area contributed by atoms with Crippen molar-refractivity contribution < 1.29 is 24.9 Å². The van der Waals surface area contributed by atoms with Gasteiger partial charge in [0.1, 0.15) is 11.6 Å². The Balaban J connectivity index is 4.11. The molecule has 0 saturated heterocycles. The number of hydrogen-bond acceptors (Lipinski definition) is 7. The van der Waals surface area contributed by atoms with E-state index >= 15 is 0 Å². The molecule has 0 radical (unpaired) electrons. The fraction of sp³-hybridized carbons (Fsp3) is 0.938. The topological polar surface area (TPSA) is 116 Å². The maximum Gasteiger partial charge on any atom is 0.323 e. The third-order valence-electron chi connectivity index (χ3n) is 3.15. The smallest absolute Gasteiger partial charge is 0.323 e. The van der Waals surface area contributed by atoms with Crippen molar-refractivity contribution in [2.24, 2.45) is 5.73 Å². The number of unbranched alkanes of at least 4 members (excludes halogenated alkanes) is 1. The van der Waals surface area contributed by atoms with Crippen molar-refractivity contribution in [2.75, 3.05) is 26.2 Å². The second-order valence-corrected chi connectivity index (χ2v) is 7.08. The number of aliphatic hydroxyl groups excluding tert-OH is 3. The molecule has 0 aromatic heterocycles. The van der Waals surface area contributed by atoms with Gasteiger partial charge in [0.15, 0.2) is 0 Å². The van der Waals surface area contributed by atoms with Crippen LogP contribution in [0, 0.1) is 0 Å². The molecule has 0 heterocycles. The summed E-state index contributed by atoms with van der Waals surface area (Å²) in [6.45, 7) is 8.17. The lowest BCUT2D eigenvalue weighted by molar-refractivity contribution is -0.156. The number of nitrogens with two attached hydrogens (primary N) is 1. The quantitative estimate of drug-likeness (QED) is 0.307. The number of esters is 1. The van der Waals surface area contributed by atoms with Gasteiger partial charge in [-0.15, -0.1) is 0 Å². The van der Waals surface area contributed by atoms with Crippen LogP contribution in [0.1, 0.15) is 47.0 Å². The average Bonchev–Trinajstić information content (AvgIpc) is 2.40. The SMILES string of the molecule is CC(O)CN(CCCCC(N)C(=O)OC(C)(C)C)CC(O)CO. The van der Waals surface area contributed by atoms with Crippen molar-refractivity contribution in [1.29, 1.82) is 0 Å². The third kappa shape index (κ3) is 12.4. The van der Waals surface area contributed by atoms with Crippen LogP contribution in [-0.2, 0) is 9.53 Å². The van der Waals surface area contributed by atoms with Gasteiger partial charge in [0.25, 0.3) is 0 Å². The summed E-state index contributed by atoms with van der Waals surface area (Å²) in [5.74, 6) is -0.394. The number of nitrogens with zero attached hydrogens (tertiary/aromatic N) is 1. The van der Waals surface area contributed by atoms with Gasteiger partial charge in [-0.2, -0.15) is 0 Å². The van der Waals surface area contributed by atoms with Gasteiger partial charge in [-0.1, -0.05) is 6.42 Å². The highest BCUT2D eigenvalue weighted by molar-refractivity contribution is 5.75. The van der Waals surface area contributed by atoms with E-state index in [9.17, 15) is 15.0 Å². The standard InChI is InChI=1S/C16H34N2O5/c1-12(20)9-18(10-13(21)11-19)8-6-5-7-14(17)15(22)23-16(2,3)4/h12-14,19-21H,5-11,17H2,1-4H3. The molecule has 0 aliphatic rings. The Labute approximate surface area is 139 Å². The zero-order valence-corrected chi connectivity index (χ0v) is 14.9. The highest BCUT2D eigenvalue weighted by Crippen LogP contribution is 2.10. The van der Waals surface area contributed by atoms with E-state index in [4.69, 9.17) is 15.6 Å². The highest BCUT2D eigenvalue weighted by Gasteiger charge is 2.21. The van der Waals surface area contributed by atoms with Gasteiger partial charge in [0.2, 0.25) is 0 Å². The number of aliphatic hydroxyl groups is 3. The molecule has 0 bridgehead atoms. The van der Waals surface area contributed by atoms with Gasteiger partial charge >= 0.3 is 5.97 Å². The summed E-state index contributed by atoms with van der Waals surface area (Å²) < 4.78 is 5.23. The normalized spacial score (nSPS) is 16.2. The average molecular weight is 334 g/mol. The first kappa shape index (κ1) is 22.3. The lowest BCUT2D eigenvalue weighted by atomic mass is 10.1. The van der Waals surface area contributed by atoms with E-state index in [1.165, 1.54) is 0 Å². The molecule has 0 rings (SSSR count). The largest absolute Gasteiger partial charge is 0.459 e. The molecule has 3 atom stereocenters. The van der Waals surface area contributed by atoms with Gasteiger partial charge in [0.05, 0.1) is 18.8 Å². The van der Waals surface area contributed by atoms with Gasteiger partial charge < -0.3 is 25.8 Å². The van der Waals surface area contributed by atoms with Crippen LogP contribution in [0.5, 0.6) is 0 Å². The summed E-state index contributed by atoms with van der Waals surface area (Å²) in [7, 11) is 0. The van der Waals surface area contributed by atoms with Gasteiger partial charge in [0, 0.05) is 13.1 Å². The van der Waals surface area contributed by atoms with E-state index in [0.29, 0.717) is 26.1 Å². The number of hydrogen-bond donors (Lipinski definition) is 4. The molecule has 0 amide bonds. The predicted octanol–water partition coefficient (Wildman–Crippen LogP) is -0.138. The predicted molar refractivity (Wildman–Crippen MR) is 88.9 cm³/mol. The molecule has 0 aliphatic carbocycles. The van der Waals surface area contributed by atoms with Crippen LogP contribution in [0.25, 0.3) is 0 Å². The molecule has 23 heavy (non-hydrogen) atoms. The molecule has 7 heteroatoms. The first-order valence-corrected chi connectivity index (χ1v) is 8.23. The van der Waals surface area contributed by atoms with Gasteiger partial charge in [-0.05, 0) is 47.1 Å². The number of carbonyl (C=O) groups excluding carboxylic acids is 1. The summed E-state index contributed by atoms with van der Waals surface area (Å²) in [6, 6.07) is -0.637. The minimum Gasteiger partial charge on any atom is -0.459 e. The van der Waals surface area contributed by atoms with Crippen LogP contribution in [0.15, 0.2) is 0 Å². The molecule has 0 aromatic rings. The Morgan fingerprint density at radius 3 is 2.30 bits per heavy atom. The van der Waals surface area contributed by atoms with Crippen LogP contribution >= 0.6 is 0 Å². The lowest BCUT2D eigenvalue weighted by Crippen LogP contribution is -2.39.